The molecular weight excluding hydrogens is 574 g/mol. The van der Waals surface area contributed by atoms with Gasteiger partial charge in [-0.3, -0.25) is 14.4 Å². The average molecular weight is 601 g/mol. The molecule has 2 amide bonds. The fraction of sp³-hybridized carbons (Fsp3) is 0.129. The van der Waals surface area contributed by atoms with E-state index >= 15 is 0 Å². The number of hydrogen-bond acceptors (Lipinski definition) is 4. The van der Waals surface area contributed by atoms with Crippen LogP contribution in [-0.2, 0) is 24.2 Å². The van der Waals surface area contributed by atoms with Gasteiger partial charge >= 0.3 is 0 Å². The maximum atomic E-state index is 13.7. The first kappa shape index (κ1) is 26.6. The van der Waals surface area contributed by atoms with E-state index in [2.05, 4.69) is 33.5 Å². The fourth-order valence-electron chi connectivity index (χ4n) is 4.39. The van der Waals surface area contributed by atoms with Crippen LogP contribution in [0.3, 0.4) is 0 Å². The molecule has 3 aromatic carbocycles. The van der Waals surface area contributed by atoms with Gasteiger partial charge in [0.25, 0.3) is 11.5 Å². The Kier molecular flexibility index (Phi) is 8.05. The molecule has 196 valence electrons. The highest BCUT2D eigenvalue weighted by molar-refractivity contribution is 9.10. The standard InChI is InChI=1S/C31H26BrN3O3S/c1-2-20-10-14-23(15-11-20)33-30(37)26-18-25-27(34-29(36)17-21-8-12-22(32)13-9-21)6-3-7-28(25)35(31(26)38)19-24-5-4-16-39-24/h3-16,18H,2,17,19H2,1H3,(H,33,37)(H,34,36). The van der Waals surface area contributed by atoms with Gasteiger partial charge in [0.2, 0.25) is 5.91 Å². The summed E-state index contributed by atoms with van der Waals surface area (Å²) in [4.78, 5) is 41.0. The van der Waals surface area contributed by atoms with Crippen LogP contribution in [0.2, 0.25) is 0 Å². The molecule has 2 heterocycles. The summed E-state index contributed by atoms with van der Waals surface area (Å²) in [6, 6.07) is 26.0. The van der Waals surface area contributed by atoms with Crippen LogP contribution in [0.4, 0.5) is 11.4 Å². The van der Waals surface area contributed by atoms with Crippen molar-refractivity contribution in [3.05, 3.63) is 127 Å². The van der Waals surface area contributed by atoms with Crippen LogP contribution in [-0.4, -0.2) is 16.4 Å². The lowest BCUT2D eigenvalue weighted by Crippen LogP contribution is -2.30. The number of carbonyl (C=O) groups is 2. The number of nitrogens with one attached hydrogen (secondary N) is 2. The van der Waals surface area contributed by atoms with E-state index in [-0.39, 0.29) is 17.9 Å². The van der Waals surface area contributed by atoms with Crippen molar-refractivity contribution >= 4 is 61.4 Å². The number of rotatable bonds is 8. The average Bonchev–Trinajstić information content (AvgIpc) is 3.45. The smallest absolute Gasteiger partial charge is 0.264 e. The molecule has 0 fully saturated rings. The molecule has 0 atom stereocenters. The van der Waals surface area contributed by atoms with Crippen molar-refractivity contribution in [2.24, 2.45) is 0 Å². The normalized spacial score (nSPS) is 10.9. The molecule has 0 spiro atoms. The van der Waals surface area contributed by atoms with Gasteiger partial charge in [-0.15, -0.1) is 11.3 Å². The first-order chi connectivity index (χ1) is 18.9. The highest BCUT2D eigenvalue weighted by atomic mass is 79.9. The molecule has 0 radical (unpaired) electrons. The molecule has 0 aliphatic carbocycles. The first-order valence-electron chi connectivity index (χ1n) is 12.5. The quantitative estimate of drug-likeness (QED) is 0.204. The lowest BCUT2D eigenvalue weighted by molar-refractivity contribution is -0.115. The Morgan fingerprint density at radius 2 is 1.64 bits per heavy atom. The Hall–Kier alpha value is -4.01. The summed E-state index contributed by atoms with van der Waals surface area (Å²) in [5, 5.41) is 8.41. The summed E-state index contributed by atoms with van der Waals surface area (Å²) in [5.41, 5.74) is 3.43. The molecule has 6 nitrogen and oxygen atoms in total. The SMILES string of the molecule is CCc1ccc(NC(=O)c2cc3c(NC(=O)Cc4ccc(Br)cc4)cccc3n(Cc3cccs3)c2=O)cc1. The summed E-state index contributed by atoms with van der Waals surface area (Å²) in [5.74, 6) is -0.690. The third-order valence-corrected chi connectivity index (χ3v) is 7.84. The van der Waals surface area contributed by atoms with E-state index < -0.39 is 11.5 Å². The second-order valence-corrected chi connectivity index (χ2v) is 11.1. The number of aryl methyl sites for hydroxylation is 1. The molecule has 0 saturated carbocycles. The third kappa shape index (κ3) is 6.19. The van der Waals surface area contributed by atoms with Gasteiger partial charge in [-0.1, -0.05) is 59.3 Å². The van der Waals surface area contributed by atoms with E-state index in [9.17, 15) is 14.4 Å². The van der Waals surface area contributed by atoms with E-state index in [1.807, 2.05) is 72.1 Å². The fourth-order valence-corrected chi connectivity index (χ4v) is 5.35. The van der Waals surface area contributed by atoms with Gasteiger partial charge in [-0.25, -0.2) is 0 Å². The van der Waals surface area contributed by atoms with Crippen molar-refractivity contribution in [3.63, 3.8) is 0 Å². The number of nitrogens with zero attached hydrogens (tertiary/aromatic N) is 1. The molecular formula is C31H26BrN3O3S. The van der Waals surface area contributed by atoms with Crippen molar-refractivity contribution in [3.8, 4) is 0 Å². The minimum atomic E-state index is -0.498. The number of pyridine rings is 1. The van der Waals surface area contributed by atoms with Crippen molar-refractivity contribution in [2.45, 2.75) is 26.3 Å². The monoisotopic (exact) mass is 599 g/mol. The molecule has 2 aromatic heterocycles. The van der Waals surface area contributed by atoms with E-state index in [1.54, 1.807) is 22.8 Å². The summed E-state index contributed by atoms with van der Waals surface area (Å²) in [7, 11) is 0. The number of benzene rings is 3. The van der Waals surface area contributed by atoms with E-state index in [0.29, 0.717) is 28.8 Å². The Bertz CT molecular complexity index is 1690. The summed E-state index contributed by atoms with van der Waals surface area (Å²) in [6.07, 6.45) is 1.09. The summed E-state index contributed by atoms with van der Waals surface area (Å²) in [6.45, 7) is 2.38. The molecule has 2 N–H and O–H groups in total. The van der Waals surface area contributed by atoms with Crippen molar-refractivity contribution in [1.82, 2.24) is 4.57 Å². The Morgan fingerprint density at radius 3 is 2.33 bits per heavy atom. The molecule has 39 heavy (non-hydrogen) atoms. The first-order valence-corrected chi connectivity index (χ1v) is 14.2. The molecule has 0 unspecified atom stereocenters. The topological polar surface area (TPSA) is 80.2 Å². The number of aromatic nitrogens is 1. The van der Waals surface area contributed by atoms with Crippen LogP contribution in [0, 0.1) is 0 Å². The molecule has 5 aromatic rings. The third-order valence-electron chi connectivity index (χ3n) is 6.45. The molecule has 8 heteroatoms. The maximum Gasteiger partial charge on any atom is 0.264 e. The number of thiophene rings is 1. The van der Waals surface area contributed by atoms with Crippen LogP contribution >= 0.6 is 27.3 Å². The van der Waals surface area contributed by atoms with Crippen molar-refractivity contribution in [1.29, 1.82) is 0 Å². The zero-order chi connectivity index (χ0) is 27.4. The van der Waals surface area contributed by atoms with Gasteiger partial charge in [0, 0.05) is 20.4 Å². The highest BCUT2D eigenvalue weighted by Gasteiger charge is 2.19. The zero-order valence-electron chi connectivity index (χ0n) is 21.2. The number of hydrogen-bond donors (Lipinski definition) is 2. The Morgan fingerprint density at radius 1 is 0.897 bits per heavy atom. The Labute approximate surface area is 238 Å². The number of carbonyl (C=O) groups excluding carboxylic acids is 2. The van der Waals surface area contributed by atoms with Crippen LogP contribution in [0.15, 0.2) is 99.6 Å². The van der Waals surface area contributed by atoms with E-state index in [1.165, 1.54) is 11.3 Å². The second kappa shape index (κ2) is 11.8. The van der Waals surface area contributed by atoms with Gasteiger partial charge in [0.1, 0.15) is 5.56 Å². The van der Waals surface area contributed by atoms with Gasteiger partial charge in [-0.05, 0) is 71.5 Å². The van der Waals surface area contributed by atoms with E-state index in [0.717, 1.165) is 26.9 Å². The predicted octanol–water partition coefficient (Wildman–Crippen LogP) is 6.87. The van der Waals surface area contributed by atoms with E-state index in [4.69, 9.17) is 0 Å². The van der Waals surface area contributed by atoms with Gasteiger partial charge in [0.15, 0.2) is 0 Å². The minimum absolute atomic E-state index is 0.00762. The number of amides is 2. The van der Waals surface area contributed by atoms with Crippen molar-refractivity contribution in [2.75, 3.05) is 10.6 Å². The number of fused-ring (bicyclic) bond motifs is 1. The number of anilines is 2. The summed E-state index contributed by atoms with van der Waals surface area (Å²) >= 11 is 4.95. The molecule has 0 aliphatic heterocycles. The molecule has 0 saturated heterocycles. The van der Waals surface area contributed by atoms with Crippen LogP contribution in [0.5, 0.6) is 0 Å². The summed E-state index contributed by atoms with van der Waals surface area (Å²) < 4.78 is 2.54. The molecule has 0 bridgehead atoms. The van der Waals surface area contributed by atoms with Gasteiger partial charge in [-0.2, -0.15) is 0 Å². The lowest BCUT2D eigenvalue weighted by atomic mass is 10.1. The van der Waals surface area contributed by atoms with Gasteiger partial charge in [0.05, 0.1) is 24.2 Å². The predicted molar refractivity (Wildman–Crippen MR) is 162 cm³/mol. The maximum absolute atomic E-state index is 13.7. The lowest BCUT2D eigenvalue weighted by Gasteiger charge is -2.16. The number of halogens is 1. The molecule has 0 aliphatic rings. The Balaban J connectivity index is 1.53. The second-order valence-electron chi connectivity index (χ2n) is 9.12. The largest absolute Gasteiger partial charge is 0.325 e. The zero-order valence-corrected chi connectivity index (χ0v) is 23.6. The highest BCUT2D eigenvalue weighted by Crippen LogP contribution is 2.25. The van der Waals surface area contributed by atoms with Crippen LogP contribution in [0.25, 0.3) is 10.9 Å². The van der Waals surface area contributed by atoms with Crippen LogP contribution < -0.4 is 16.2 Å². The minimum Gasteiger partial charge on any atom is -0.325 e. The van der Waals surface area contributed by atoms with Gasteiger partial charge < -0.3 is 15.2 Å². The van der Waals surface area contributed by atoms with Crippen LogP contribution in [0.1, 0.15) is 33.3 Å². The molecule has 5 rings (SSSR count). The van der Waals surface area contributed by atoms with Crippen molar-refractivity contribution < 1.29 is 9.59 Å².